The predicted octanol–water partition coefficient (Wildman–Crippen LogP) is 2.86. The van der Waals surface area contributed by atoms with E-state index in [1.54, 1.807) is 13.2 Å². The van der Waals surface area contributed by atoms with Crippen molar-refractivity contribution >= 4 is 35.6 Å². The molecule has 0 atom stereocenters. The lowest BCUT2D eigenvalue weighted by Crippen LogP contribution is -2.47. The first kappa shape index (κ1) is 18.2. The Morgan fingerprint density at radius 2 is 2.14 bits per heavy atom. The second kappa shape index (κ2) is 7.94. The van der Waals surface area contributed by atoms with Gasteiger partial charge >= 0.3 is 0 Å². The van der Waals surface area contributed by atoms with Crippen LogP contribution in [-0.4, -0.2) is 32.7 Å². The molecule has 2 N–H and O–H groups in total. The summed E-state index contributed by atoms with van der Waals surface area (Å²) in [6.07, 6.45) is 1.39. The van der Waals surface area contributed by atoms with Gasteiger partial charge in [0.25, 0.3) is 0 Å². The van der Waals surface area contributed by atoms with Gasteiger partial charge in [-0.2, -0.15) is 0 Å². The van der Waals surface area contributed by atoms with Crippen LogP contribution < -0.4 is 10.6 Å². The Labute approximate surface area is 134 Å². The van der Waals surface area contributed by atoms with E-state index >= 15 is 0 Å². The molecule has 0 unspecified atom stereocenters. The van der Waals surface area contributed by atoms with Crippen molar-refractivity contribution in [2.24, 2.45) is 5.41 Å². The summed E-state index contributed by atoms with van der Waals surface area (Å²) in [6.45, 7) is 1.90. The van der Waals surface area contributed by atoms with E-state index in [-0.39, 0.29) is 23.3 Å². The number of rotatable bonds is 4. The van der Waals surface area contributed by atoms with Gasteiger partial charge in [-0.25, -0.2) is 4.39 Å². The zero-order valence-electron chi connectivity index (χ0n) is 11.7. The summed E-state index contributed by atoms with van der Waals surface area (Å²) in [6, 6.07) is 4.24. The molecular weight excluding hydrogens is 318 g/mol. The van der Waals surface area contributed by atoms with E-state index in [1.807, 2.05) is 0 Å². The van der Waals surface area contributed by atoms with Gasteiger partial charge in [-0.1, -0.05) is 11.6 Å². The first-order chi connectivity index (χ1) is 9.57. The molecule has 1 aromatic rings. The zero-order chi connectivity index (χ0) is 14.6. The predicted molar refractivity (Wildman–Crippen MR) is 83.7 cm³/mol. The van der Waals surface area contributed by atoms with Crippen LogP contribution in [0.4, 0.5) is 10.1 Å². The molecular formula is C14H19Cl2FN2O2. The van der Waals surface area contributed by atoms with E-state index in [0.29, 0.717) is 25.1 Å². The second-order valence-electron chi connectivity index (χ2n) is 5.05. The van der Waals surface area contributed by atoms with E-state index in [2.05, 4.69) is 10.6 Å². The van der Waals surface area contributed by atoms with Gasteiger partial charge in [0.1, 0.15) is 5.82 Å². The van der Waals surface area contributed by atoms with Gasteiger partial charge in [-0.05, 0) is 44.1 Å². The van der Waals surface area contributed by atoms with Crippen LogP contribution in [0.25, 0.3) is 0 Å². The van der Waals surface area contributed by atoms with Crippen molar-refractivity contribution < 1.29 is 13.9 Å². The fourth-order valence-electron chi connectivity index (χ4n) is 2.46. The highest BCUT2D eigenvalue weighted by atomic mass is 35.5. The fraction of sp³-hybridized carbons (Fsp3) is 0.500. The van der Waals surface area contributed by atoms with Crippen molar-refractivity contribution in [2.45, 2.75) is 12.8 Å². The normalized spacial score (nSPS) is 16.9. The maximum atomic E-state index is 13.4. The number of piperidine rings is 1. The lowest BCUT2D eigenvalue weighted by Gasteiger charge is -2.35. The molecule has 1 fully saturated rings. The number of carbonyl (C=O) groups excluding carboxylic acids is 1. The molecule has 1 saturated heterocycles. The number of halogens is 3. The number of amides is 1. The van der Waals surface area contributed by atoms with E-state index < -0.39 is 11.2 Å². The van der Waals surface area contributed by atoms with Gasteiger partial charge in [0.05, 0.1) is 17.0 Å². The molecule has 1 aliphatic rings. The largest absolute Gasteiger partial charge is 0.384 e. The highest BCUT2D eigenvalue weighted by Crippen LogP contribution is 2.31. The van der Waals surface area contributed by atoms with Crippen molar-refractivity contribution in [1.29, 1.82) is 0 Å². The number of ether oxygens (including phenoxy) is 1. The Bertz CT molecular complexity index is 488. The number of carbonyl (C=O) groups is 1. The van der Waals surface area contributed by atoms with Gasteiger partial charge in [-0.3, -0.25) is 4.79 Å². The monoisotopic (exact) mass is 336 g/mol. The summed E-state index contributed by atoms with van der Waals surface area (Å²) in [5, 5.41) is 6.02. The van der Waals surface area contributed by atoms with Crippen LogP contribution >= 0.6 is 24.0 Å². The number of hydrogen-bond donors (Lipinski definition) is 2. The smallest absolute Gasteiger partial charge is 0.233 e. The molecule has 0 bridgehead atoms. The zero-order valence-corrected chi connectivity index (χ0v) is 13.3. The maximum absolute atomic E-state index is 13.4. The van der Waals surface area contributed by atoms with Crippen molar-refractivity contribution in [3.8, 4) is 0 Å². The molecule has 0 aliphatic carbocycles. The molecule has 0 saturated carbocycles. The van der Waals surface area contributed by atoms with Crippen LogP contribution in [0.1, 0.15) is 12.8 Å². The van der Waals surface area contributed by atoms with Gasteiger partial charge in [0, 0.05) is 12.8 Å². The Balaban J connectivity index is 0.00000220. The summed E-state index contributed by atoms with van der Waals surface area (Å²) in [4.78, 5) is 12.5. The van der Waals surface area contributed by atoms with Gasteiger partial charge < -0.3 is 15.4 Å². The second-order valence-corrected chi connectivity index (χ2v) is 5.45. The Morgan fingerprint density at radius 3 is 2.71 bits per heavy atom. The van der Waals surface area contributed by atoms with E-state index in [1.165, 1.54) is 12.1 Å². The highest BCUT2D eigenvalue weighted by molar-refractivity contribution is 6.30. The van der Waals surface area contributed by atoms with Crippen LogP contribution in [0.5, 0.6) is 0 Å². The highest BCUT2D eigenvalue weighted by Gasteiger charge is 2.39. The third-order valence-corrected chi connectivity index (χ3v) is 3.95. The third kappa shape index (κ3) is 4.30. The van der Waals surface area contributed by atoms with Crippen LogP contribution in [0.3, 0.4) is 0 Å². The fourth-order valence-corrected chi connectivity index (χ4v) is 2.57. The molecule has 4 nitrogen and oxygen atoms in total. The van der Waals surface area contributed by atoms with E-state index in [4.69, 9.17) is 16.3 Å². The molecule has 118 valence electrons. The minimum Gasteiger partial charge on any atom is -0.384 e. The maximum Gasteiger partial charge on any atom is 0.233 e. The number of hydrogen-bond acceptors (Lipinski definition) is 3. The van der Waals surface area contributed by atoms with Gasteiger partial charge in [0.15, 0.2) is 0 Å². The Kier molecular flexibility index (Phi) is 6.87. The van der Waals surface area contributed by atoms with Crippen molar-refractivity contribution in [1.82, 2.24) is 5.32 Å². The SMILES string of the molecule is COCC1(C(=O)Nc2ccc(Cl)c(F)c2)CCNCC1.Cl. The molecule has 1 aromatic carbocycles. The minimum atomic E-state index is -0.559. The van der Waals surface area contributed by atoms with Crippen molar-refractivity contribution in [2.75, 3.05) is 32.1 Å². The number of benzene rings is 1. The molecule has 0 radical (unpaired) electrons. The first-order valence-corrected chi connectivity index (χ1v) is 6.91. The molecule has 21 heavy (non-hydrogen) atoms. The molecule has 1 aliphatic heterocycles. The van der Waals surface area contributed by atoms with Crippen molar-refractivity contribution in [3.63, 3.8) is 0 Å². The number of anilines is 1. The standard InChI is InChI=1S/C14H18ClFN2O2.ClH/c1-20-9-14(4-6-17-7-5-14)13(19)18-10-2-3-11(15)12(16)8-10;/h2-3,8,17H,4-7,9H2,1H3,(H,18,19);1H. The first-order valence-electron chi connectivity index (χ1n) is 6.53. The molecule has 2 rings (SSSR count). The quantitative estimate of drug-likeness (QED) is 0.888. The van der Waals surface area contributed by atoms with Gasteiger partial charge in [-0.15, -0.1) is 12.4 Å². The lowest BCUT2D eigenvalue weighted by atomic mass is 9.78. The van der Waals surface area contributed by atoms with E-state index in [9.17, 15) is 9.18 Å². The van der Waals surface area contributed by atoms with Crippen LogP contribution in [0.15, 0.2) is 18.2 Å². The summed E-state index contributed by atoms with van der Waals surface area (Å²) in [5.41, 5.74) is -0.151. The number of methoxy groups -OCH3 is 1. The summed E-state index contributed by atoms with van der Waals surface area (Å²) < 4.78 is 18.6. The third-order valence-electron chi connectivity index (χ3n) is 3.64. The summed E-state index contributed by atoms with van der Waals surface area (Å²) in [5.74, 6) is -0.682. The Morgan fingerprint density at radius 1 is 1.48 bits per heavy atom. The van der Waals surface area contributed by atoms with E-state index in [0.717, 1.165) is 13.1 Å². The lowest BCUT2D eigenvalue weighted by molar-refractivity contribution is -0.130. The van der Waals surface area contributed by atoms with Crippen LogP contribution in [0.2, 0.25) is 5.02 Å². The topological polar surface area (TPSA) is 50.4 Å². The molecule has 7 heteroatoms. The average molecular weight is 337 g/mol. The number of nitrogens with one attached hydrogen (secondary N) is 2. The minimum absolute atomic E-state index is 0. The molecule has 1 amide bonds. The van der Waals surface area contributed by atoms with Gasteiger partial charge in [0.2, 0.25) is 5.91 Å². The molecule has 0 aromatic heterocycles. The average Bonchev–Trinajstić information content (AvgIpc) is 2.44. The summed E-state index contributed by atoms with van der Waals surface area (Å²) in [7, 11) is 1.58. The summed E-state index contributed by atoms with van der Waals surface area (Å²) >= 11 is 5.63. The molecule has 0 spiro atoms. The Hall–Kier alpha value is -0.880. The van der Waals surface area contributed by atoms with Crippen molar-refractivity contribution in [3.05, 3.63) is 29.0 Å². The molecule has 1 heterocycles. The van der Waals surface area contributed by atoms with Crippen LogP contribution in [0, 0.1) is 11.2 Å². The van der Waals surface area contributed by atoms with Crippen LogP contribution in [-0.2, 0) is 9.53 Å².